The summed E-state index contributed by atoms with van der Waals surface area (Å²) in [6, 6.07) is 2.17. The lowest BCUT2D eigenvalue weighted by molar-refractivity contribution is 0.106. The Labute approximate surface area is 110 Å². The Hall–Kier alpha value is -0.840. The number of nitrogens with one attached hydrogen (secondary N) is 2. The molecule has 1 saturated heterocycles. The molecule has 0 atom stereocenters. The van der Waals surface area contributed by atoms with Gasteiger partial charge in [-0.25, -0.2) is 0 Å². The van der Waals surface area contributed by atoms with Crippen molar-refractivity contribution in [3.8, 4) is 0 Å². The van der Waals surface area contributed by atoms with Crippen molar-refractivity contribution in [2.24, 2.45) is 0 Å². The Morgan fingerprint density at radius 2 is 2.06 bits per heavy atom. The molecule has 2 N–H and O–H groups in total. The van der Waals surface area contributed by atoms with Crippen LogP contribution < -0.4 is 5.32 Å². The first-order valence-corrected chi connectivity index (χ1v) is 6.91. The number of H-pyrrole nitrogens is 1. The van der Waals surface area contributed by atoms with Crippen LogP contribution in [0.25, 0.3) is 0 Å². The van der Waals surface area contributed by atoms with E-state index in [9.17, 15) is 0 Å². The first-order valence-electron chi connectivity index (χ1n) is 6.91. The van der Waals surface area contributed by atoms with Crippen LogP contribution in [0, 0.1) is 13.8 Å². The predicted molar refractivity (Wildman–Crippen MR) is 73.8 cm³/mol. The topological polar surface area (TPSA) is 40.3 Å². The standard InChI is InChI=1S/C14H25N3O/c1-12-10-14(13(2)16-12)11-18-9-3-6-17-7-4-15-5-8-17/h10,15-16H,3-9,11H2,1-2H3. The largest absolute Gasteiger partial charge is 0.377 e. The van der Waals surface area contributed by atoms with Gasteiger partial charge in [-0.2, -0.15) is 0 Å². The highest BCUT2D eigenvalue weighted by molar-refractivity contribution is 5.23. The molecule has 4 nitrogen and oxygen atoms in total. The molecule has 0 saturated carbocycles. The highest BCUT2D eigenvalue weighted by Gasteiger charge is 2.08. The third kappa shape index (κ3) is 4.12. The van der Waals surface area contributed by atoms with E-state index in [-0.39, 0.29) is 0 Å². The second kappa shape index (κ2) is 6.92. The van der Waals surface area contributed by atoms with Gasteiger partial charge in [0.25, 0.3) is 0 Å². The van der Waals surface area contributed by atoms with E-state index in [0.717, 1.165) is 39.3 Å². The van der Waals surface area contributed by atoms with Crippen molar-refractivity contribution < 1.29 is 4.74 Å². The molecule has 102 valence electrons. The van der Waals surface area contributed by atoms with E-state index in [1.54, 1.807) is 0 Å². The minimum absolute atomic E-state index is 0.734. The molecule has 1 aliphatic heterocycles. The summed E-state index contributed by atoms with van der Waals surface area (Å²) in [5, 5.41) is 3.37. The fourth-order valence-electron chi connectivity index (χ4n) is 2.44. The molecule has 0 radical (unpaired) electrons. The third-order valence-electron chi connectivity index (χ3n) is 3.49. The van der Waals surface area contributed by atoms with Crippen LogP contribution in [0.4, 0.5) is 0 Å². The van der Waals surface area contributed by atoms with E-state index < -0.39 is 0 Å². The fraction of sp³-hybridized carbons (Fsp3) is 0.714. The number of aromatic amines is 1. The summed E-state index contributed by atoms with van der Waals surface area (Å²) in [6.07, 6.45) is 1.13. The van der Waals surface area contributed by atoms with Gasteiger partial charge in [0.1, 0.15) is 0 Å². The first kappa shape index (κ1) is 13.6. The van der Waals surface area contributed by atoms with Gasteiger partial charge in [0.2, 0.25) is 0 Å². The van der Waals surface area contributed by atoms with Crippen molar-refractivity contribution in [3.63, 3.8) is 0 Å². The molecule has 4 heteroatoms. The predicted octanol–water partition coefficient (Wildman–Crippen LogP) is 1.44. The van der Waals surface area contributed by atoms with Gasteiger partial charge in [-0.05, 0) is 31.9 Å². The van der Waals surface area contributed by atoms with Gasteiger partial charge in [-0.3, -0.25) is 0 Å². The lowest BCUT2D eigenvalue weighted by Crippen LogP contribution is -2.43. The minimum atomic E-state index is 0.734. The van der Waals surface area contributed by atoms with Crippen LogP contribution in [-0.4, -0.2) is 49.2 Å². The number of hydrogen-bond acceptors (Lipinski definition) is 3. The van der Waals surface area contributed by atoms with Gasteiger partial charge in [0, 0.05) is 50.7 Å². The SMILES string of the molecule is Cc1cc(COCCCN2CCNCC2)c(C)[nH]1. The number of rotatable bonds is 6. The van der Waals surface area contributed by atoms with Crippen molar-refractivity contribution in [1.29, 1.82) is 0 Å². The zero-order chi connectivity index (χ0) is 12.8. The molecule has 1 aliphatic rings. The smallest absolute Gasteiger partial charge is 0.0734 e. The fourth-order valence-corrected chi connectivity index (χ4v) is 2.44. The Bertz CT molecular complexity index is 356. The third-order valence-corrected chi connectivity index (χ3v) is 3.49. The van der Waals surface area contributed by atoms with Crippen LogP contribution in [-0.2, 0) is 11.3 Å². The Balaban J connectivity index is 1.57. The maximum atomic E-state index is 5.74. The molecule has 0 aromatic carbocycles. The molecule has 0 aliphatic carbocycles. The summed E-state index contributed by atoms with van der Waals surface area (Å²) in [5.41, 5.74) is 3.73. The van der Waals surface area contributed by atoms with E-state index in [1.807, 2.05) is 0 Å². The molecule has 0 unspecified atom stereocenters. The highest BCUT2D eigenvalue weighted by Crippen LogP contribution is 2.10. The average molecular weight is 251 g/mol. The second-order valence-corrected chi connectivity index (χ2v) is 5.10. The van der Waals surface area contributed by atoms with E-state index in [1.165, 1.54) is 30.0 Å². The number of nitrogens with zero attached hydrogens (tertiary/aromatic N) is 1. The number of ether oxygens (including phenoxy) is 1. The van der Waals surface area contributed by atoms with Gasteiger partial charge < -0.3 is 19.9 Å². The maximum Gasteiger partial charge on any atom is 0.0734 e. The molecule has 0 bridgehead atoms. The van der Waals surface area contributed by atoms with Crippen molar-refractivity contribution in [3.05, 3.63) is 23.0 Å². The molecule has 2 rings (SSSR count). The summed E-state index contributed by atoms with van der Waals surface area (Å²) < 4.78 is 5.74. The molecule has 1 fully saturated rings. The maximum absolute atomic E-state index is 5.74. The number of piperazine rings is 1. The summed E-state index contributed by atoms with van der Waals surface area (Å²) in [7, 11) is 0. The Morgan fingerprint density at radius 1 is 1.28 bits per heavy atom. The quantitative estimate of drug-likeness (QED) is 0.752. The van der Waals surface area contributed by atoms with Gasteiger partial charge in [0.15, 0.2) is 0 Å². The molecule has 18 heavy (non-hydrogen) atoms. The van der Waals surface area contributed by atoms with Gasteiger partial charge in [0.05, 0.1) is 6.61 Å². The molecule has 2 heterocycles. The first-order chi connectivity index (χ1) is 8.75. The van der Waals surface area contributed by atoms with E-state index in [2.05, 4.69) is 35.1 Å². The average Bonchev–Trinajstić information content (AvgIpc) is 2.69. The summed E-state index contributed by atoms with van der Waals surface area (Å²) in [6.45, 7) is 11.5. The lowest BCUT2D eigenvalue weighted by atomic mass is 10.2. The molecular formula is C14H25N3O. The number of hydrogen-bond donors (Lipinski definition) is 2. The van der Waals surface area contributed by atoms with E-state index in [0.29, 0.717) is 0 Å². The van der Waals surface area contributed by atoms with E-state index in [4.69, 9.17) is 4.74 Å². The Kier molecular flexibility index (Phi) is 5.23. The van der Waals surface area contributed by atoms with Crippen LogP contribution in [0.3, 0.4) is 0 Å². The molecule has 0 amide bonds. The van der Waals surface area contributed by atoms with Crippen molar-refractivity contribution in [1.82, 2.24) is 15.2 Å². The molecule has 0 spiro atoms. The summed E-state index contributed by atoms with van der Waals surface area (Å²) >= 11 is 0. The van der Waals surface area contributed by atoms with Crippen molar-refractivity contribution in [2.45, 2.75) is 26.9 Å². The minimum Gasteiger partial charge on any atom is -0.377 e. The number of aryl methyl sites for hydroxylation is 2. The van der Waals surface area contributed by atoms with Gasteiger partial charge in [-0.1, -0.05) is 0 Å². The van der Waals surface area contributed by atoms with Crippen molar-refractivity contribution in [2.75, 3.05) is 39.3 Å². The van der Waals surface area contributed by atoms with Crippen LogP contribution in [0.2, 0.25) is 0 Å². The van der Waals surface area contributed by atoms with E-state index >= 15 is 0 Å². The molecule has 1 aromatic heterocycles. The van der Waals surface area contributed by atoms with Gasteiger partial charge in [-0.15, -0.1) is 0 Å². The second-order valence-electron chi connectivity index (χ2n) is 5.10. The number of aromatic nitrogens is 1. The van der Waals surface area contributed by atoms with Crippen LogP contribution in [0.15, 0.2) is 6.07 Å². The van der Waals surface area contributed by atoms with Crippen LogP contribution >= 0.6 is 0 Å². The van der Waals surface area contributed by atoms with Crippen molar-refractivity contribution >= 4 is 0 Å². The molecular weight excluding hydrogens is 226 g/mol. The summed E-state index contributed by atoms with van der Waals surface area (Å²) in [4.78, 5) is 5.81. The van der Waals surface area contributed by atoms with Gasteiger partial charge >= 0.3 is 0 Å². The normalized spacial score (nSPS) is 17.2. The lowest BCUT2D eigenvalue weighted by Gasteiger charge is -2.26. The summed E-state index contributed by atoms with van der Waals surface area (Å²) in [5.74, 6) is 0. The van der Waals surface area contributed by atoms with Crippen LogP contribution in [0.1, 0.15) is 23.4 Å². The molecule has 1 aromatic rings. The zero-order valence-electron chi connectivity index (χ0n) is 11.6. The zero-order valence-corrected chi connectivity index (χ0v) is 11.6. The highest BCUT2D eigenvalue weighted by atomic mass is 16.5. The Morgan fingerprint density at radius 3 is 2.72 bits per heavy atom. The van der Waals surface area contributed by atoms with Crippen LogP contribution in [0.5, 0.6) is 0 Å². The monoisotopic (exact) mass is 251 g/mol.